The van der Waals surface area contributed by atoms with Crippen LogP contribution in [0.2, 0.25) is 0 Å². The number of carboxylic acid groups (broad SMARTS) is 1. The van der Waals surface area contributed by atoms with Crippen molar-refractivity contribution in [3.05, 3.63) is 29.3 Å². The molecule has 1 aromatic carbocycles. The van der Waals surface area contributed by atoms with Crippen LogP contribution in [0.15, 0.2) is 18.2 Å². The number of hydrogen-bond acceptors (Lipinski definition) is 3. The monoisotopic (exact) mass is 257 g/mol. The summed E-state index contributed by atoms with van der Waals surface area (Å²) in [7, 11) is 0. The second-order valence-electron chi connectivity index (χ2n) is 4.35. The molecule has 1 heterocycles. The van der Waals surface area contributed by atoms with Crippen LogP contribution in [0.25, 0.3) is 0 Å². The van der Waals surface area contributed by atoms with Crippen molar-refractivity contribution in [2.45, 2.75) is 18.9 Å². The minimum Gasteiger partial charge on any atom is -0.508 e. The number of aliphatic carboxylic acids is 1. The quantitative estimate of drug-likeness (QED) is 0.775. The minimum absolute atomic E-state index is 0.226. The number of nitrogens with one attached hydrogen (secondary N) is 1. The van der Waals surface area contributed by atoms with E-state index in [1.54, 1.807) is 0 Å². The van der Waals surface area contributed by atoms with Gasteiger partial charge < -0.3 is 15.5 Å². The number of rotatable bonds is 3. The zero-order chi connectivity index (χ0) is 13.3. The highest BCUT2D eigenvalue weighted by atomic mass is 19.3. The molecule has 6 heteroatoms. The van der Waals surface area contributed by atoms with E-state index >= 15 is 0 Å². The Morgan fingerprint density at radius 3 is 2.67 bits per heavy atom. The molecule has 0 bridgehead atoms. The molecule has 4 nitrogen and oxygen atoms in total. The molecule has 0 radical (unpaired) electrons. The molecule has 98 valence electrons. The summed E-state index contributed by atoms with van der Waals surface area (Å²) in [5, 5.41) is 21.5. The number of phenolic OH excluding ortho intramolecular Hbond substituents is 1. The van der Waals surface area contributed by atoms with Gasteiger partial charge in [0.05, 0.1) is 5.92 Å². The highest BCUT2D eigenvalue weighted by Crippen LogP contribution is 2.34. The fraction of sp³-hybridized carbons (Fsp3) is 0.417. The van der Waals surface area contributed by atoms with Crippen LogP contribution in [0.4, 0.5) is 8.78 Å². The summed E-state index contributed by atoms with van der Waals surface area (Å²) in [6.07, 6.45) is -2.29. The topological polar surface area (TPSA) is 69.6 Å². The number of aromatic hydroxyl groups is 1. The average Bonchev–Trinajstić information content (AvgIpc) is 2.78. The molecule has 2 rings (SSSR count). The van der Waals surface area contributed by atoms with Gasteiger partial charge >= 0.3 is 5.97 Å². The second kappa shape index (κ2) is 4.89. The Balaban J connectivity index is 2.17. The fourth-order valence-corrected chi connectivity index (χ4v) is 2.15. The van der Waals surface area contributed by atoms with Gasteiger partial charge in [0.2, 0.25) is 0 Å². The number of hydrogen-bond donors (Lipinski definition) is 3. The molecule has 1 saturated heterocycles. The molecular formula is C12H13F2NO3. The number of carbonyl (C=O) groups is 1. The molecule has 0 amide bonds. The van der Waals surface area contributed by atoms with Gasteiger partial charge in [-0.05, 0) is 12.5 Å². The lowest BCUT2D eigenvalue weighted by atomic mass is 9.98. The van der Waals surface area contributed by atoms with Gasteiger partial charge in [0.25, 0.3) is 6.43 Å². The molecule has 2 unspecified atom stereocenters. The molecule has 3 N–H and O–H groups in total. The lowest BCUT2D eigenvalue weighted by Gasteiger charge is -2.13. The van der Waals surface area contributed by atoms with E-state index in [1.807, 2.05) is 0 Å². The summed E-state index contributed by atoms with van der Waals surface area (Å²) in [5.41, 5.74) is 0.215. The van der Waals surface area contributed by atoms with Gasteiger partial charge in [-0.15, -0.1) is 0 Å². The predicted octanol–water partition coefficient (Wildman–Crippen LogP) is 2.06. The molecule has 0 saturated carbocycles. The molecule has 2 atom stereocenters. The van der Waals surface area contributed by atoms with Gasteiger partial charge in [0.15, 0.2) is 0 Å². The number of carboxylic acids is 1. The van der Waals surface area contributed by atoms with E-state index in [9.17, 15) is 18.7 Å². The van der Waals surface area contributed by atoms with E-state index in [0.717, 1.165) is 6.07 Å². The van der Waals surface area contributed by atoms with Crippen molar-refractivity contribution in [1.29, 1.82) is 0 Å². The molecule has 1 aliphatic heterocycles. The number of phenols is 1. The van der Waals surface area contributed by atoms with Crippen LogP contribution in [0.1, 0.15) is 30.0 Å². The molecule has 1 aromatic rings. The van der Waals surface area contributed by atoms with Gasteiger partial charge in [-0.1, -0.05) is 12.1 Å². The highest BCUT2D eigenvalue weighted by molar-refractivity contribution is 5.71. The molecular weight excluding hydrogens is 244 g/mol. The normalized spacial score (nSPS) is 23.5. The van der Waals surface area contributed by atoms with Gasteiger partial charge in [-0.3, -0.25) is 4.79 Å². The summed E-state index contributed by atoms with van der Waals surface area (Å²) in [6, 6.07) is 3.38. The third-order valence-corrected chi connectivity index (χ3v) is 3.16. The Morgan fingerprint density at radius 2 is 2.17 bits per heavy atom. The maximum atomic E-state index is 12.4. The summed E-state index contributed by atoms with van der Waals surface area (Å²) in [4.78, 5) is 10.8. The van der Waals surface area contributed by atoms with Gasteiger partial charge in [-0.2, -0.15) is 0 Å². The highest BCUT2D eigenvalue weighted by Gasteiger charge is 2.31. The first-order valence-electron chi connectivity index (χ1n) is 5.56. The first-order valence-corrected chi connectivity index (χ1v) is 5.56. The summed E-state index contributed by atoms with van der Waals surface area (Å²) in [6.45, 7) is 0.316. The Hall–Kier alpha value is -1.69. The van der Waals surface area contributed by atoms with Gasteiger partial charge in [0, 0.05) is 23.7 Å². The van der Waals surface area contributed by atoms with Crippen molar-refractivity contribution in [2.75, 3.05) is 6.54 Å². The van der Waals surface area contributed by atoms with Gasteiger partial charge in [0.1, 0.15) is 5.75 Å². The summed E-state index contributed by atoms with van der Waals surface area (Å²) in [5.74, 6) is -1.63. The van der Waals surface area contributed by atoms with Crippen molar-refractivity contribution in [2.24, 2.45) is 5.92 Å². The second-order valence-corrected chi connectivity index (χ2v) is 4.35. The Labute approximate surface area is 102 Å². The van der Waals surface area contributed by atoms with E-state index in [1.165, 1.54) is 12.1 Å². The molecule has 18 heavy (non-hydrogen) atoms. The minimum atomic E-state index is -2.63. The molecule has 0 aromatic heterocycles. The summed E-state index contributed by atoms with van der Waals surface area (Å²) < 4.78 is 24.8. The lowest BCUT2D eigenvalue weighted by molar-refractivity contribution is -0.141. The van der Waals surface area contributed by atoms with Crippen LogP contribution in [0.3, 0.4) is 0 Å². The smallest absolute Gasteiger partial charge is 0.307 e. The largest absolute Gasteiger partial charge is 0.508 e. The van der Waals surface area contributed by atoms with Crippen LogP contribution in [0, 0.1) is 5.92 Å². The van der Waals surface area contributed by atoms with E-state index in [-0.39, 0.29) is 17.4 Å². The van der Waals surface area contributed by atoms with Crippen LogP contribution >= 0.6 is 0 Å². The summed E-state index contributed by atoms with van der Waals surface area (Å²) >= 11 is 0. The fourth-order valence-electron chi connectivity index (χ4n) is 2.15. The van der Waals surface area contributed by atoms with E-state index in [2.05, 4.69) is 5.32 Å². The Kier molecular flexibility index (Phi) is 3.47. The van der Waals surface area contributed by atoms with Crippen molar-refractivity contribution in [3.63, 3.8) is 0 Å². The number of alkyl halides is 2. The number of benzene rings is 1. The SMILES string of the molecule is O=C(O)C1CNC(c2ccc(C(F)F)cc2O)C1. The average molecular weight is 257 g/mol. The van der Waals surface area contributed by atoms with Crippen molar-refractivity contribution >= 4 is 5.97 Å². The van der Waals surface area contributed by atoms with Crippen LogP contribution in [-0.2, 0) is 4.79 Å². The number of halogens is 2. The first kappa shape index (κ1) is 12.8. The maximum Gasteiger partial charge on any atom is 0.307 e. The van der Waals surface area contributed by atoms with E-state index in [0.29, 0.717) is 18.5 Å². The predicted molar refractivity (Wildman–Crippen MR) is 59.6 cm³/mol. The zero-order valence-electron chi connectivity index (χ0n) is 9.44. The Morgan fingerprint density at radius 1 is 1.44 bits per heavy atom. The molecule has 0 aliphatic carbocycles. The van der Waals surface area contributed by atoms with Crippen LogP contribution < -0.4 is 5.32 Å². The van der Waals surface area contributed by atoms with E-state index < -0.39 is 18.3 Å². The standard InChI is InChI=1S/C12H13F2NO3/c13-11(14)6-1-2-8(10(16)4-6)9-3-7(5-15-9)12(17)18/h1-2,4,7,9,11,15-16H,3,5H2,(H,17,18). The van der Waals surface area contributed by atoms with Crippen molar-refractivity contribution in [1.82, 2.24) is 5.32 Å². The van der Waals surface area contributed by atoms with E-state index in [4.69, 9.17) is 5.11 Å². The van der Waals surface area contributed by atoms with Crippen molar-refractivity contribution < 1.29 is 23.8 Å². The van der Waals surface area contributed by atoms with Crippen molar-refractivity contribution in [3.8, 4) is 5.75 Å². The first-order chi connectivity index (χ1) is 8.49. The lowest BCUT2D eigenvalue weighted by Crippen LogP contribution is -2.17. The molecule has 1 fully saturated rings. The van der Waals surface area contributed by atoms with Crippen LogP contribution in [-0.4, -0.2) is 22.7 Å². The zero-order valence-corrected chi connectivity index (χ0v) is 9.44. The van der Waals surface area contributed by atoms with Crippen LogP contribution in [0.5, 0.6) is 5.75 Å². The maximum absolute atomic E-state index is 12.4. The van der Waals surface area contributed by atoms with Gasteiger partial charge in [-0.25, -0.2) is 8.78 Å². The third kappa shape index (κ3) is 2.43. The Bertz CT molecular complexity index is 465. The molecule has 0 spiro atoms. The molecule has 1 aliphatic rings. The third-order valence-electron chi connectivity index (χ3n) is 3.16.